The Kier molecular flexibility index (Phi) is 7.24. The molecule has 33 heavy (non-hydrogen) atoms. The van der Waals surface area contributed by atoms with Gasteiger partial charge in [-0.05, 0) is 37.3 Å². The number of rotatable bonds is 9. The van der Waals surface area contributed by atoms with Crippen molar-refractivity contribution in [3.8, 4) is 11.5 Å². The van der Waals surface area contributed by atoms with Crippen molar-refractivity contribution in [2.24, 2.45) is 0 Å². The highest BCUT2D eigenvalue weighted by atomic mass is 16.6. The normalized spacial score (nSPS) is 10.4. The van der Waals surface area contributed by atoms with E-state index in [1.807, 2.05) is 6.92 Å². The molecule has 2 aromatic heterocycles. The van der Waals surface area contributed by atoms with E-state index in [0.717, 1.165) is 4.90 Å². The molecular weight excluding hydrogens is 430 g/mol. The van der Waals surface area contributed by atoms with Crippen LogP contribution in [0.4, 0.5) is 27.8 Å². The molecule has 2 heterocycles. The van der Waals surface area contributed by atoms with E-state index in [4.69, 9.17) is 9.47 Å². The van der Waals surface area contributed by atoms with Gasteiger partial charge in [0.1, 0.15) is 17.3 Å². The van der Waals surface area contributed by atoms with E-state index in [1.165, 1.54) is 26.4 Å². The van der Waals surface area contributed by atoms with Crippen LogP contribution in [0.3, 0.4) is 0 Å². The summed E-state index contributed by atoms with van der Waals surface area (Å²) >= 11 is 0. The van der Waals surface area contributed by atoms with Gasteiger partial charge in [-0.2, -0.15) is 0 Å². The van der Waals surface area contributed by atoms with Crippen LogP contribution in [-0.4, -0.2) is 46.9 Å². The summed E-state index contributed by atoms with van der Waals surface area (Å²) < 4.78 is 10.6. The van der Waals surface area contributed by atoms with Gasteiger partial charge < -0.3 is 19.5 Å². The largest absolute Gasteiger partial charge is 0.497 e. The quantitative estimate of drug-likeness (QED) is 0.373. The first-order valence-corrected chi connectivity index (χ1v) is 9.94. The number of nitro groups is 1. The van der Waals surface area contributed by atoms with Gasteiger partial charge in [0.15, 0.2) is 0 Å². The van der Waals surface area contributed by atoms with Gasteiger partial charge >= 0.3 is 11.8 Å². The lowest BCUT2D eigenvalue weighted by Crippen LogP contribution is -2.30. The molecule has 0 unspecified atom stereocenters. The fourth-order valence-corrected chi connectivity index (χ4v) is 3.29. The molecule has 3 aromatic rings. The third-order valence-electron chi connectivity index (χ3n) is 4.90. The predicted molar refractivity (Wildman–Crippen MR) is 122 cm³/mol. The van der Waals surface area contributed by atoms with Crippen LogP contribution in [0, 0.1) is 10.1 Å². The molecule has 0 saturated carbocycles. The van der Waals surface area contributed by atoms with Crippen LogP contribution in [0.15, 0.2) is 54.9 Å². The van der Waals surface area contributed by atoms with E-state index in [9.17, 15) is 20.0 Å². The molecule has 0 bridgehead atoms. The standard InChI is InChI=1S/C22H23N5O6/c1-4-25(16-6-5-11-23-13-16)21-18(27(30)31)9-10-20(24-21)26(22(28)29)14-15-7-8-17(32-2)12-19(15)33-3/h5-13H,4,14H2,1-3H3,(H,28,29). The summed E-state index contributed by atoms with van der Waals surface area (Å²) in [6.45, 7) is 2.07. The van der Waals surface area contributed by atoms with Crippen molar-refractivity contribution in [2.45, 2.75) is 13.5 Å². The maximum Gasteiger partial charge on any atom is 0.413 e. The molecular formula is C22H23N5O6. The Balaban J connectivity index is 2.07. The number of ether oxygens (including phenoxy) is 2. The van der Waals surface area contributed by atoms with Crippen molar-refractivity contribution >= 4 is 29.1 Å². The summed E-state index contributed by atoms with van der Waals surface area (Å²) in [5, 5.41) is 21.6. The number of benzene rings is 1. The first kappa shape index (κ1) is 23.3. The van der Waals surface area contributed by atoms with Crippen molar-refractivity contribution < 1.29 is 24.3 Å². The Hall–Kier alpha value is -4.41. The molecule has 0 atom stereocenters. The Morgan fingerprint density at radius 3 is 2.55 bits per heavy atom. The third kappa shape index (κ3) is 5.09. The predicted octanol–water partition coefficient (Wildman–Crippen LogP) is 4.24. The molecule has 1 amide bonds. The minimum absolute atomic E-state index is 0.0148. The van der Waals surface area contributed by atoms with E-state index in [1.54, 1.807) is 47.6 Å². The summed E-state index contributed by atoms with van der Waals surface area (Å²) in [6, 6.07) is 11.0. The van der Waals surface area contributed by atoms with Crippen molar-refractivity contribution in [1.82, 2.24) is 9.97 Å². The fraction of sp³-hybridized carbons (Fsp3) is 0.227. The van der Waals surface area contributed by atoms with Crippen molar-refractivity contribution in [3.05, 3.63) is 70.5 Å². The van der Waals surface area contributed by atoms with Crippen molar-refractivity contribution in [3.63, 3.8) is 0 Å². The van der Waals surface area contributed by atoms with Gasteiger partial charge in [0.25, 0.3) is 0 Å². The maximum atomic E-state index is 12.1. The molecule has 0 fully saturated rings. The molecule has 11 nitrogen and oxygen atoms in total. The number of pyridine rings is 2. The molecule has 3 rings (SSSR count). The van der Waals surface area contributed by atoms with Crippen molar-refractivity contribution in [1.29, 1.82) is 0 Å². The Labute approximate surface area is 190 Å². The maximum absolute atomic E-state index is 12.1. The number of methoxy groups -OCH3 is 2. The van der Waals surface area contributed by atoms with Crippen LogP contribution >= 0.6 is 0 Å². The molecule has 0 aliphatic rings. The van der Waals surface area contributed by atoms with E-state index < -0.39 is 11.0 Å². The highest BCUT2D eigenvalue weighted by molar-refractivity contribution is 5.86. The molecule has 0 saturated heterocycles. The van der Waals surface area contributed by atoms with Crippen LogP contribution in [0.25, 0.3) is 0 Å². The van der Waals surface area contributed by atoms with E-state index >= 15 is 0 Å². The highest BCUT2D eigenvalue weighted by Gasteiger charge is 2.26. The summed E-state index contributed by atoms with van der Waals surface area (Å²) in [5.41, 5.74) is 0.908. The first-order valence-electron chi connectivity index (χ1n) is 9.94. The zero-order valence-electron chi connectivity index (χ0n) is 18.3. The van der Waals surface area contributed by atoms with Gasteiger partial charge in [0.05, 0.1) is 37.6 Å². The molecule has 172 valence electrons. The Morgan fingerprint density at radius 1 is 1.18 bits per heavy atom. The SMILES string of the molecule is CCN(c1cccnc1)c1nc(N(Cc2ccc(OC)cc2OC)C(=O)O)ccc1[N+](=O)[O-]. The van der Waals surface area contributed by atoms with Gasteiger partial charge in [-0.3, -0.25) is 20.0 Å². The molecule has 0 aliphatic heterocycles. The van der Waals surface area contributed by atoms with Crippen molar-refractivity contribution in [2.75, 3.05) is 30.6 Å². The minimum atomic E-state index is -1.27. The smallest absolute Gasteiger partial charge is 0.413 e. The van der Waals surface area contributed by atoms with Crippen LogP contribution in [-0.2, 0) is 6.54 Å². The number of aromatic nitrogens is 2. The Bertz CT molecular complexity index is 1140. The van der Waals surface area contributed by atoms with E-state index in [0.29, 0.717) is 29.3 Å². The molecule has 0 spiro atoms. The second kappa shape index (κ2) is 10.3. The molecule has 0 aliphatic carbocycles. The molecule has 1 N–H and O–H groups in total. The average Bonchev–Trinajstić information content (AvgIpc) is 2.83. The number of hydrogen-bond donors (Lipinski definition) is 1. The van der Waals surface area contributed by atoms with Gasteiger partial charge in [0, 0.05) is 30.4 Å². The number of amides is 1. The average molecular weight is 453 g/mol. The monoisotopic (exact) mass is 453 g/mol. The second-order valence-electron chi connectivity index (χ2n) is 6.77. The first-order chi connectivity index (χ1) is 15.9. The fourth-order valence-electron chi connectivity index (χ4n) is 3.29. The number of nitrogens with zero attached hydrogens (tertiary/aromatic N) is 5. The topological polar surface area (TPSA) is 131 Å². The Morgan fingerprint density at radius 2 is 1.97 bits per heavy atom. The second-order valence-corrected chi connectivity index (χ2v) is 6.77. The molecule has 0 radical (unpaired) electrons. The lowest BCUT2D eigenvalue weighted by Gasteiger charge is -2.24. The molecule has 1 aromatic carbocycles. The van der Waals surface area contributed by atoms with Gasteiger partial charge in [0.2, 0.25) is 5.82 Å². The highest BCUT2D eigenvalue weighted by Crippen LogP contribution is 2.34. The van der Waals surface area contributed by atoms with Crippen LogP contribution in [0.5, 0.6) is 11.5 Å². The van der Waals surface area contributed by atoms with Crippen LogP contribution < -0.4 is 19.3 Å². The van der Waals surface area contributed by atoms with Crippen LogP contribution in [0.1, 0.15) is 12.5 Å². The van der Waals surface area contributed by atoms with Gasteiger partial charge in [-0.15, -0.1) is 0 Å². The summed E-state index contributed by atoms with van der Waals surface area (Å²) in [7, 11) is 2.99. The number of carboxylic acid groups (broad SMARTS) is 1. The summed E-state index contributed by atoms with van der Waals surface area (Å²) in [4.78, 5) is 34.3. The van der Waals surface area contributed by atoms with Gasteiger partial charge in [-0.25, -0.2) is 9.78 Å². The number of carbonyl (C=O) groups is 1. The zero-order chi connectivity index (χ0) is 24.0. The van der Waals surface area contributed by atoms with Crippen LogP contribution in [0.2, 0.25) is 0 Å². The van der Waals surface area contributed by atoms with E-state index in [-0.39, 0.29) is 23.9 Å². The number of hydrogen-bond acceptors (Lipinski definition) is 8. The lowest BCUT2D eigenvalue weighted by molar-refractivity contribution is -0.384. The van der Waals surface area contributed by atoms with E-state index in [2.05, 4.69) is 9.97 Å². The zero-order valence-corrected chi connectivity index (χ0v) is 18.3. The summed E-state index contributed by atoms with van der Waals surface area (Å²) in [6.07, 6.45) is 1.87. The third-order valence-corrected chi connectivity index (χ3v) is 4.90. The molecule has 11 heteroatoms. The van der Waals surface area contributed by atoms with Gasteiger partial charge in [-0.1, -0.05) is 0 Å². The summed E-state index contributed by atoms with van der Waals surface area (Å²) in [5.74, 6) is 1.04. The number of anilines is 3. The lowest BCUT2D eigenvalue weighted by atomic mass is 10.1. The minimum Gasteiger partial charge on any atom is -0.497 e.